The van der Waals surface area contributed by atoms with Crippen molar-refractivity contribution in [2.45, 2.75) is 71.4 Å². The van der Waals surface area contributed by atoms with E-state index < -0.39 is 0 Å². The highest BCUT2D eigenvalue weighted by molar-refractivity contribution is 5.80. The molecule has 4 fully saturated rings. The molecule has 1 saturated carbocycles. The number of fused-ring (bicyclic) bond motifs is 4. The number of carbonyl (C=O) groups excluding carboxylic acids is 1. The summed E-state index contributed by atoms with van der Waals surface area (Å²) in [6.45, 7) is 7.73. The minimum absolute atomic E-state index is 0.162. The second-order valence-electron chi connectivity index (χ2n) is 9.10. The van der Waals surface area contributed by atoms with Gasteiger partial charge in [-0.2, -0.15) is 0 Å². The third kappa shape index (κ3) is 4.45. The summed E-state index contributed by atoms with van der Waals surface area (Å²) in [7, 11) is 0. The van der Waals surface area contributed by atoms with Crippen molar-refractivity contribution in [1.29, 1.82) is 0 Å². The van der Waals surface area contributed by atoms with E-state index >= 15 is 0 Å². The SMILES string of the molecule is CC(C)=CCN1C(=O)[C@@H]2CC[C@H]1CN(Cc1cnc(CC3CCCC3)[nH]1)C2. The Bertz CT molecular complexity index is 684. The quantitative estimate of drug-likeness (QED) is 0.780. The van der Waals surface area contributed by atoms with Gasteiger partial charge in [-0.25, -0.2) is 4.98 Å². The lowest BCUT2D eigenvalue weighted by Crippen LogP contribution is -2.47. The molecule has 3 aliphatic heterocycles. The van der Waals surface area contributed by atoms with Crippen LogP contribution in [0.5, 0.6) is 0 Å². The zero-order valence-corrected chi connectivity index (χ0v) is 16.9. The number of H-pyrrole nitrogens is 1. The van der Waals surface area contributed by atoms with Crippen molar-refractivity contribution in [2.75, 3.05) is 19.6 Å². The summed E-state index contributed by atoms with van der Waals surface area (Å²) < 4.78 is 0. The molecule has 0 aromatic carbocycles. The van der Waals surface area contributed by atoms with Gasteiger partial charge in [-0.05, 0) is 32.6 Å². The molecule has 1 aromatic heterocycles. The summed E-state index contributed by atoms with van der Waals surface area (Å²) in [6, 6.07) is 0.354. The molecule has 5 nitrogen and oxygen atoms in total. The zero-order chi connectivity index (χ0) is 18.8. The average Bonchev–Trinajstić information content (AvgIpc) is 3.22. The smallest absolute Gasteiger partial charge is 0.227 e. The first kappa shape index (κ1) is 18.7. The molecule has 0 radical (unpaired) electrons. The second kappa shape index (κ2) is 8.17. The molecule has 2 atom stereocenters. The molecule has 3 saturated heterocycles. The molecule has 4 aliphatic rings. The van der Waals surface area contributed by atoms with Crippen molar-refractivity contribution in [1.82, 2.24) is 19.8 Å². The Morgan fingerprint density at radius 3 is 2.81 bits per heavy atom. The first-order valence-electron chi connectivity index (χ1n) is 10.8. The largest absolute Gasteiger partial charge is 0.345 e. The fraction of sp³-hybridized carbons (Fsp3) is 0.727. The lowest BCUT2D eigenvalue weighted by molar-refractivity contribution is -0.139. The maximum Gasteiger partial charge on any atom is 0.227 e. The van der Waals surface area contributed by atoms with Gasteiger partial charge in [-0.1, -0.05) is 37.3 Å². The molecule has 5 heteroatoms. The molecule has 148 valence electrons. The van der Waals surface area contributed by atoms with Gasteiger partial charge in [0.2, 0.25) is 5.91 Å². The normalized spacial score (nSPS) is 26.6. The highest BCUT2D eigenvalue weighted by Crippen LogP contribution is 2.30. The van der Waals surface area contributed by atoms with Crippen LogP contribution >= 0.6 is 0 Å². The van der Waals surface area contributed by atoms with Crippen LogP contribution in [0.25, 0.3) is 0 Å². The number of aromatic amines is 1. The zero-order valence-electron chi connectivity index (χ0n) is 16.9. The van der Waals surface area contributed by atoms with Crippen molar-refractivity contribution >= 4 is 5.91 Å². The third-order valence-electron chi connectivity index (χ3n) is 6.60. The molecule has 1 aliphatic carbocycles. The highest BCUT2D eigenvalue weighted by atomic mass is 16.2. The maximum absolute atomic E-state index is 12.9. The lowest BCUT2D eigenvalue weighted by Gasteiger charge is -2.35. The number of rotatable bonds is 6. The first-order chi connectivity index (χ1) is 13.1. The van der Waals surface area contributed by atoms with Crippen LogP contribution in [0.15, 0.2) is 17.8 Å². The number of allylic oxidation sites excluding steroid dienone is 1. The van der Waals surface area contributed by atoms with Crippen molar-refractivity contribution in [3.63, 3.8) is 0 Å². The molecular formula is C22H34N4O. The number of amides is 1. The number of aromatic nitrogens is 2. The Kier molecular flexibility index (Phi) is 5.67. The van der Waals surface area contributed by atoms with E-state index in [-0.39, 0.29) is 5.92 Å². The van der Waals surface area contributed by atoms with Crippen molar-refractivity contribution in [3.8, 4) is 0 Å². The van der Waals surface area contributed by atoms with E-state index in [2.05, 4.69) is 39.7 Å². The van der Waals surface area contributed by atoms with Gasteiger partial charge < -0.3 is 9.88 Å². The number of nitrogens with zero attached hydrogens (tertiary/aromatic N) is 3. The van der Waals surface area contributed by atoms with Gasteiger partial charge in [-0.3, -0.25) is 9.69 Å². The Labute approximate surface area is 163 Å². The first-order valence-corrected chi connectivity index (χ1v) is 10.8. The van der Waals surface area contributed by atoms with Gasteiger partial charge in [0.05, 0.1) is 5.92 Å². The van der Waals surface area contributed by atoms with E-state index in [0.29, 0.717) is 11.9 Å². The van der Waals surface area contributed by atoms with Crippen LogP contribution in [0.2, 0.25) is 0 Å². The van der Waals surface area contributed by atoms with Gasteiger partial charge in [0.15, 0.2) is 0 Å². The Morgan fingerprint density at radius 1 is 1.22 bits per heavy atom. The standard InChI is InChI=1S/C22H34N4O/c1-16(2)9-10-26-20-8-7-18(22(26)27)13-25(15-20)14-19-12-23-21(24-19)11-17-5-3-4-6-17/h9,12,17-18,20H,3-8,10-11,13-15H2,1-2H3,(H,23,24)/t18-,20+/m1/s1. The molecule has 0 spiro atoms. The summed E-state index contributed by atoms with van der Waals surface area (Å²) >= 11 is 0. The Morgan fingerprint density at radius 2 is 2.04 bits per heavy atom. The summed E-state index contributed by atoms with van der Waals surface area (Å²) in [6.07, 6.45) is 13.0. The molecule has 2 bridgehead atoms. The van der Waals surface area contributed by atoms with E-state index in [1.165, 1.54) is 37.0 Å². The van der Waals surface area contributed by atoms with Crippen molar-refractivity contribution in [2.24, 2.45) is 11.8 Å². The predicted octanol–water partition coefficient (Wildman–Crippen LogP) is 3.53. The molecular weight excluding hydrogens is 336 g/mol. The topological polar surface area (TPSA) is 52.2 Å². The summed E-state index contributed by atoms with van der Waals surface area (Å²) in [5, 5.41) is 0. The van der Waals surface area contributed by atoms with Gasteiger partial charge in [0, 0.05) is 50.5 Å². The third-order valence-corrected chi connectivity index (χ3v) is 6.60. The van der Waals surface area contributed by atoms with E-state index in [4.69, 9.17) is 0 Å². The van der Waals surface area contributed by atoms with Gasteiger partial charge in [0.1, 0.15) is 5.82 Å². The van der Waals surface area contributed by atoms with Crippen LogP contribution in [0.1, 0.15) is 63.9 Å². The van der Waals surface area contributed by atoms with Crippen LogP contribution in [-0.2, 0) is 17.8 Å². The minimum Gasteiger partial charge on any atom is -0.345 e. The number of piperidine rings is 1. The predicted molar refractivity (Wildman–Crippen MR) is 107 cm³/mol. The number of imidazole rings is 1. The average molecular weight is 371 g/mol. The molecule has 1 amide bonds. The number of nitrogens with one attached hydrogen (secondary N) is 1. The second-order valence-corrected chi connectivity index (χ2v) is 9.10. The van der Waals surface area contributed by atoms with Gasteiger partial charge >= 0.3 is 0 Å². The van der Waals surface area contributed by atoms with Crippen molar-refractivity contribution in [3.05, 3.63) is 29.4 Å². The lowest BCUT2D eigenvalue weighted by atomic mass is 9.94. The maximum atomic E-state index is 12.9. The molecule has 1 aromatic rings. The van der Waals surface area contributed by atoms with E-state index in [9.17, 15) is 4.79 Å². The molecule has 1 N–H and O–H groups in total. The number of hydrogen-bond donors (Lipinski definition) is 1. The summed E-state index contributed by atoms with van der Waals surface area (Å²) in [5.41, 5.74) is 2.49. The fourth-order valence-electron chi connectivity index (χ4n) is 5.10. The van der Waals surface area contributed by atoms with Crippen LogP contribution in [0.3, 0.4) is 0 Å². The molecule has 0 unspecified atom stereocenters. The summed E-state index contributed by atoms with van der Waals surface area (Å²) in [5.74, 6) is 2.49. The fourth-order valence-corrected chi connectivity index (χ4v) is 5.10. The van der Waals surface area contributed by atoms with Gasteiger partial charge in [-0.15, -0.1) is 0 Å². The monoisotopic (exact) mass is 370 g/mol. The van der Waals surface area contributed by atoms with E-state index in [1.54, 1.807) is 0 Å². The number of carbonyl (C=O) groups is 1. The van der Waals surface area contributed by atoms with E-state index in [0.717, 1.165) is 57.2 Å². The number of hydrogen-bond acceptors (Lipinski definition) is 3. The van der Waals surface area contributed by atoms with Crippen molar-refractivity contribution < 1.29 is 4.79 Å². The van der Waals surface area contributed by atoms with Crippen LogP contribution in [0, 0.1) is 11.8 Å². The van der Waals surface area contributed by atoms with E-state index in [1.807, 2.05) is 6.20 Å². The summed E-state index contributed by atoms with van der Waals surface area (Å²) in [4.78, 5) is 25.7. The molecule has 27 heavy (non-hydrogen) atoms. The van der Waals surface area contributed by atoms with Crippen LogP contribution in [0.4, 0.5) is 0 Å². The highest BCUT2D eigenvalue weighted by Gasteiger charge is 2.40. The van der Waals surface area contributed by atoms with Crippen LogP contribution < -0.4 is 0 Å². The Hall–Kier alpha value is -1.62. The molecule has 4 heterocycles. The van der Waals surface area contributed by atoms with Gasteiger partial charge in [0.25, 0.3) is 0 Å². The molecule has 5 rings (SSSR count). The Balaban J connectivity index is 1.38. The van der Waals surface area contributed by atoms with Crippen LogP contribution in [-0.4, -0.2) is 51.4 Å². The minimum atomic E-state index is 0.162.